The fourth-order valence-corrected chi connectivity index (χ4v) is 2.09. The highest BCUT2D eigenvalue weighted by molar-refractivity contribution is 9.10. The second kappa shape index (κ2) is 8.44. The van der Waals surface area contributed by atoms with Crippen molar-refractivity contribution in [2.24, 2.45) is 0 Å². The minimum absolute atomic E-state index is 0.654. The van der Waals surface area contributed by atoms with Crippen molar-refractivity contribution >= 4 is 33.3 Å². The molecule has 0 saturated carbocycles. The summed E-state index contributed by atoms with van der Waals surface area (Å²) in [7, 11) is 1.69. The molecular weight excluding hydrogens is 316 g/mol. The molecule has 0 bridgehead atoms. The molecule has 102 valence electrons. The van der Waals surface area contributed by atoms with Gasteiger partial charge in [0.2, 0.25) is 0 Å². The lowest BCUT2D eigenvalue weighted by Crippen LogP contribution is -2.36. The lowest BCUT2D eigenvalue weighted by molar-refractivity contribution is 0.195. The maximum absolute atomic E-state index is 5.19. The van der Waals surface area contributed by atoms with Crippen LogP contribution in [0.5, 0.6) is 0 Å². The van der Waals surface area contributed by atoms with E-state index in [4.69, 9.17) is 17.0 Å². The molecular formula is C11H19BrN4OS. The molecule has 1 rings (SSSR count). The summed E-state index contributed by atoms with van der Waals surface area (Å²) in [6, 6.07) is 0. The van der Waals surface area contributed by atoms with E-state index < -0.39 is 0 Å². The number of nitrogens with one attached hydrogen (secondary N) is 2. The number of ether oxygens (including phenoxy) is 1. The molecule has 0 aliphatic carbocycles. The molecule has 0 atom stereocenters. The summed E-state index contributed by atoms with van der Waals surface area (Å²) in [6.45, 7) is 5.11. The first kappa shape index (κ1) is 15.4. The normalized spacial score (nSPS) is 10.4. The predicted octanol–water partition coefficient (Wildman–Crippen LogP) is 1.67. The topological polar surface area (TPSA) is 51.1 Å². The van der Waals surface area contributed by atoms with Crippen LogP contribution in [0.15, 0.2) is 10.7 Å². The maximum atomic E-state index is 5.19. The van der Waals surface area contributed by atoms with Crippen LogP contribution in [0.25, 0.3) is 0 Å². The SMILES string of the molecule is CCn1ncc(Br)c1CNC(=S)NCCCOC. The maximum Gasteiger partial charge on any atom is 0.166 e. The highest BCUT2D eigenvalue weighted by Crippen LogP contribution is 2.15. The summed E-state index contributed by atoms with van der Waals surface area (Å²) in [5.41, 5.74) is 1.10. The number of methoxy groups -OCH3 is 1. The van der Waals surface area contributed by atoms with Crippen molar-refractivity contribution in [1.29, 1.82) is 0 Å². The lowest BCUT2D eigenvalue weighted by Gasteiger charge is -2.11. The zero-order chi connectivity index (χ0) is 13.4. The summed E-state index contributed by atoms with van der Waals surface area (Å²) < 4.78 is 7.90. The van der Waals surface area contributed by atoms with Crippen molar-refractivity contribution < 1.29 is 4.74 Å². The summed E-state index contributed by atoms with van der Waals surface area (Å²) in [5, 5.41) is 11.2. The van der Waals surface area contributed by atoms with Crippen LogP contribution in [0.4, 0.5) is 0 Å². The zero-order valence-electron chi connectivity index (χ0n) is 10.7. The fraction of sp³-hybridized carbons (Fsp3) is 0.636. The zero-order valence-corrected chi connectivity index (χ0v) is 13.1. The van der Waals surface area contributed by atoms with Gasteiger partial charge < -0.3 is 15.4 Å². The van der Waals surface area contributed by atoms with Crippen molar-refractivity contribution in [2.45, 2.75) is 26.4 Å². The molecule has 0 radical (unpaired) electrons. The molecule has 0 aromatic carbocycles. The van der Waals surface area contributed by atoms with Gasteiger partial charge in [-0.05, 0) is 41.5 Å². The molecule has 5 nitrogen and oxygen atoms in total. The molecule has 2 N–H and O–H groups in total. The van der Waals surface area contributed by atoms with Crippen LogP contribution in [0.1, 0.15) is 19.0 Å². The fourth-order valence-electron chi connectivity index (χ4n) is 1.48. The molecule has 0 aliphatic rings. The van der Waals surface area contributed by atoms with Crippen LogP contribution in [0.3, 0.4) is 0 Å². The summed E-state index contributed by atoms with van der Waals surface area (Å²) in [6.07, 6.45) is 2.74. The minimum Gasteiger partial charge on any atom is -0.385 e. The van der Waals surface area contributed by atoms with E-state index in [2.05, 4.69) is 38.6 Å². The largest absolute Gasteiger partial charge is 0.385 e. The van der Waals surface area contributed by atoms with E-state index >= 15 is 0 Å². The molecule has 1 heterocycles. The number of halogens is 1. The third-order valence-electron chi connectivity index (χ3n) is 2.42. The van der Waals surface area contributed by atoms with Gasteiger partial charge in [-0.15, -0.1) is 0 Å². The van der Waals surface area contributed by atoms with Gasteiger partial charge >= 0.3 is 0 Å². The smallest absolute Gasteiger partial charge is 0.166 e. The summed E-state index contributed by atoms with van der Waals surface area (Å²) in [5.74, 6) is 0. The van der Waals surface area contributed by atoms with Crippen LogP contribution in [0, 0.1) is 0 Å². The molecule has 0 saturated heterocycles. The number of nitrogens with zero attached hydrogens (tertiary/aromatic N) is 2. The molecule has 0 fully saturated rings. The van der Waals surface area contributed by atoms with Crippen LogP contribution in [-0.2, 0) is 17.8 Å². The van der Waals surface area contributed by atoms with Gasteiger partial charge in [0.1, 0.15) is 0 Å². The third kappa shape index (κ3) is 4.91. The van der Waals surface area contributed by atoms with Gasteiger partial charge in [-0.25, -0.2) is 0 Å². The second-order valence-corrected chi connectivity index (χ2v) is 4.97. The standard InChI is InChI=1S/C11H19BrN4OS/c1-3-16-10(9(12)7-15-16)8-14-11(18)13-5-4-6-17-2/h7H,3-6,8H2,1-2H3,(H2,13,14,18). The second-order valence-electron chi connectivity index (χ2n) is 3.71. The van der Waals surface area contributed by atoms with Gasteiger partial charge in [0.05, 0.1) is 22.9 Å². The van der Waals surface area contributed by atoms with Crippen molar-refractivity contribution in [3.05, 3.63) is 16.4 Å². The minimum atomic E-state index is 0.654. The predicted molar refractivity (Wildman–Crippen MR) is 79.5 cm³/mol. The molecule has 1 aromatic heterocycles. The Morgan fingerprint density at radius 3 is 3.00 bits per heavy atom. The molecule has 0 aliphatic heterocycles. The van der Waals surface area contributed by atoms with Crippen LogP contribution >= 0.6 is 28.1 Å². The van der Waals surface area contributed by atoms with E-state index in [0.717, 1.165) is 36.3 Å². The van der Waals surface area contributed by atoms with E-state index in [1.54, 1.807) is 13.3 Å². The van der Waals surface area contributed by atoms with Crippen molar-refractivity contribution in [3.63, 3.8) is 0 Å². The Bertz CT molecular complexity index is 383. The number of aryl methyl sites for hydroxylation is 1. The van der Waals surface area contributed by atoms with Gasteiger partial charge in [-0.3, -0.25) is 4.68 Å². The van der Waals surface area contributed by atoms with E-state index in [9.17, 15) is 0 Å². The van der Waals surface area contributed by atoms with Crippen LogP contribution in [-0.4, -0.2) is 35.2 Å². The first-order chi connectivity index (χ1) is 8.69. The third-order valence-corrected chi connectivity index (χ3v) is 3.38. The Kier molecular flexibility index (Phi) is 7.22. The van der Waals surface area contributed by atoms with E-state index in [1.807, 2.05) is 4.68 Å². The Morgan fingerprint density at radius 1 is 1.56 bits per heavy atom. The van der Waals surface area contributed by atoms with E-state index in [0.29, 0.717) is 11.7 Å². The lowest BCUT2D eigenvalue weighted by atomic mass is 10.4. The highest BCUT2D eigenvalue weighted by atomic mass is 79.9. The summed E-state index contributed by atoms with van der Waals surface area (Å²) in [4.78, 5) is 0. The van der Waals surface area contributed by atoms with Crippen molar-refractivity contribution in [1.82, 2.24) is 20.4 Å². The highest BCUT2D eigenvalue weighted by Gasteiger charge is 2.07. The van der Waals surface area contributed by atoms with Crippen LogP contribution < -0.4 is 10.6 Å². The van der Waals surface area contributed by atoms with Crippen molar-refractivity contribution in [2.75, 3.05) is 20.3 Å². The Hall–Kier alpha value is -0.660. The first-order valence-electron chi connectivity index (χ1n) is 5.89. The number of hydrogen-bond acceptors (Lipinski definition) is 3. The summed E-state index contributed by atoms with van der Waals surface area (Å²) >= 11 is 8.67. The Balaban J connectivity index is 2.31. The Labute approximate surface area is 121 Å². The van der Waals surface area contributed by atoms with E-state index in [-0.39, 0.29) is 0 Å². The molecule has 0 unspecified atom stereocenters. The van der Waals surface area contributed by atoms with Gasteiger partial charge in [0, 0.05) is 26.8 Å². The number of rotatable bonds is 7. The quantitative estimate of drug-likeness (QED) is 0.586. The molecule has 0 spiro atoms. The Morgan fingerprint density at radius 2 is 2.33 bits per heavy atom. The van der Waals surface area contributed by atoms with Gasteiger partial charge in [0.25, 0.3) is 0 Å². The van der Waals surface area contributed by atoms with E-state index in [1.165, 1.54) is 0 Å². The molecule has 1 aromatic rings. The average molecular weight is 335 g/mol. The molecule has 7 heteroatoms. The number of aromatic nitrogens is 2. The average Bonchev–Trinajstić information content (AvgIpc) is 2.73. The van der Waals surface area contributed by atoms with Gasteiger partial charge in [0.15, 0.2) is 5.11 Å². The first-order valence-corrected chi connectivity index (χ1v) is 7.10. The molecule has 18 heavy (non-hydrogen) atoms. The molecule has 0 amide bonds. The number of thiocarbonyl (C=S) groups is 1. The van der Waals surface area contributed by atoms with Crippen LogP contribution in [0.2, 0.25) is 0 Å². The van der Waals surface area contributed by atoms with Crippen molar-refractivity contribution in [3.8, 4) is 0 Å². The van der Waals surface area contributed by atoms with Gasteiger partial charge in [-0.1, -0.05) is 0 Å². The monoisotopic (exact) mass is 334 g/mol. The van der Waals surface area contributed by atoms with Gasteiger partial charge in [-0.2, -0.15) is 5.10 Å². The number of hydrogen-bond donors (Lipinski definition) is 2.